The van der Waals surface area contributed by atoms with E-state index in [9.17, 15) is 5.26 Å². The van der Waals surface area contributed by atoms with Gasteiger partial charge in [0.25, 0.3) is 0 Å². The van der Waals surface area contributed by atoms with Gasteiger partial charge in [0.15, 0.2) is 0 Å². The fourth-order valence-electron chi connectivity index (χ4n) is 3.39. The van der Waals surface area contributed by atoms with Crippen molar-refractivity contribution in [3.05, 3.63) is 108 Å². The molecule has 0 radical (unpaired) electrons. The van der Waals surface area contributed by atoms with Gasteiger partial charge < -0.3 is 9.47 Å². The molecule has 3 nitrogen and oxygen atoms in total. The maximum atomic E-state index is 9.61. The highest BCUT2D eigenvalue weighted by Gasteiger charge is 2.04. The summed E-state index contributed by atoms with van der Waals surface area (Å²) in [6.07, 6.45) is 1.87. The van der Waals surface area contributed by atoms with Gasteiger partial charge >= 0.3 is 0 Å². The van der Waals surface area contributed by atoms with Crippen molar-refractivity contribution in [2.45, 2.75) is 6.61 Å². The summed E-state index contributed by atoms with van der Waals surface area (Å²) >= 11 is 0. The minimum absolute atomic E-state index is 0.484. The predicted octanol–water partition coefficient (Wildman–Crippen LogP) is 6.49. The molecule has 0 saturated heterocycles. The van der Waals surface area contributed by atoms with Crippen LogP contribution in [0.1, 0.15) is 16.7 Å². The summed E-state index contributed by atoms with van der Waals surface area (Å²) in [4.78, 5) is 0. The van der Waals surface area contributed by atoms with E-state index in [-0.39, 0.29) is 0 Å². The van der Waals surface area contributed by atoms with Gasteiger partial charge in [0.2, 0.25) is 0 Å². The molecule has 4 aromatic carbocycles. The van der Waals surface area contributed by atoms with Gasteiger partial charge in [-0.05, 0) is 69.9 Å². The number of rotatable bonds is 6. The maximum Gasteiger partial charge on any atom is 0.120 e. The van der Waals surface area contributed by atoms with E-state index >= 15 is 0 Å². The van der Waals surface area contributed by atoms with E-state index in [1.807, 2.05) is 72.8 Å². The van der Waals surface area contributed by atoms with Crippen molar-refractivity contribution < 1.29 is 9.47 Å². The maximum absolute atomic E-state index is 9.61. The summed E-state index contributed by atoms with van der Waals surface area (Å²) in [6.45, 7) is 0.484. The summed E-state index contributed by atoms with van der Waals surface area (Å²) in [7, 11) is 1.62. The SMILES string of the molecule is COc1ccc(/C(C#N)=C/c2cccc(OCc3cccc4ccccc34)c2)cc1. The zero-order chi connectivity index (χ0) is 20.8. The first-order chi connectivity index (χ1) is 14.8. The number of ether oxygens (including phenoxy) is 2. The second-order valence-corrected chi connectivity index (χ2v) is 6.90. The highest BCUT2D eigenvalue weighted by atomic mass is 16.5. The molecule has 0 aliphatic carbocycles. The van der Waals surface area contributed by atoms with Crippen LogP contribution in [0, 0.1) is 11.3 Å². The molecule has 0 aromatic heterocycles. The molecule has 0 spiro atoms. The van der Waals surface area contributed by atoms with Crippen molar-refractivity contribution in [1.82, 2.24) is 0 Å². The second kappa shape index (κ2) is 8.98. The number of benzene rings is 4. The lowest BCUT2D eigenvalue weighted by molar-refractivity contribution is 0.307. The minimum atomic E-state index is 0.484. The fourth-order valence-corrected chi connectivity index (χ4v) is 3.39. The summed E-state index contributed by atoms with van der Waals surface area (Å²) in [5.74, 6) is 1.53. The lowest BCUT2D eigenvalue weighted by Crippen LogP contribution is -1.96. The molecule has 0 aliphatic heterocycles. The van der Waals surface area contributed by atoms with Gasteiger partial charge in [0.05, 0.1) is 18.8 Å². The molecule has 0 saturated carbocycles. The van der Waals surface area contributed by atoms with E-state index in [0.29, 0.717) is 12.2 Å². The van der Waals surface area contributed by atoms with E-state index < -0.39 is 0 Å². The minimum Gasteiger partial charge on any atom is -0.497 e. The van der Waals surface area contributed by atoms with E-state index in [0.717, 1.165) is 28.2 Å². The van der Waals surface area contributed by atoms with Crippen molar-refractivity contribution in [2.75, 3.05) is 7.11 Å². The van der Waals surface area contributed by atoms with Gasteiger partial charge in [0.1, 0.15) is 18.1 Å². The topological polar surface area (TPSA) is 42.2 Å². The average Bonchev–Trinajstić information content (AvgIpc) is 2.81. The lowest BCUT2D eigenvalue weighted by atomic mass is 10.0. The summed E-state index contributed by atoms with van der Waals surface area (Å²) in [6, 6.07) is 32.1. The van der Waals surface area contributed by atoms with Gasteiger partial charge in [0, 0.05) is 0 Å². The Kier molecular flexibility index (Phi) is 5.78. The van der Waals surface area contributed by atoms with Crippen molar-refractivity contribution in [2.24, 2.45) is 0 Å². The van der Waals surface area contributed by atoms with Crippen LogP contribution in [-0.4, -0.2) is 7.11 Å². The Labute approximate surface area is 176 Å². The molecule has 0 bridgehead atoms. The molecule has 30 heavy (non-hydrogen) atoms. The van der Waals surface area contributed by atoms with Crippen LogP contribution >= 0.6 is 0 Å². The smallest absolute Gasteiger partial charge is 0.120 e. The third kappa shape index (κ3) is 4.34. The van der Waals surface area contributed by atoms with Crippen LogP contribution in [0.15, 0.2) is 91.0 Å². The Morgan fingerprint density at radius 3 is 2.43 bits per heavy atom. The summed E-state index contributed by atoms with van der Waals surface area (Å²) < 4.78 is 11.3. The first kappa shape index (κ1) is 19.3. The molecule has 0 aliphatic rings. The number of fused-ring (bicyclic) bond motifs is 1. The molecule has 4 aromatic rings. The van der Waals surface area contributed by atoms with Gasteiger partial charge in [-0.2, -0.15) is 5.26 Å². The van der Waals surface area contributed by atoms with Crippen LogP contribution in [0.5, 0.6) is 11.5 Å². The normalized spacial score (nSPS) is 11.1. The first-order valence-electron chi connectivity index (χ1n) is 9.72. The van der Waals surface area contributed by atoms with E-state index in [1.165, 1.54) is 10.8 Å². The molecule has 0 atom stereocenters. The van der Waals surface area contributed by atoms with Crippen LogP contribution in [0.2, 0.25) is 0 Å². The average molecular weight is 391 g/mol. The molecule has 0 N–H and O–H groups in total. The third-order valence-corrected chi connectivity index (χ3v) is 4.96. The number of allylic oxidation sites excluding steroid dienone is 1. The molecule has 0 amide bonds. The predicted molar refractivity (Wildman–Crippen MR) is 121 cm³/mol. The Balaban J connectivity index is 1.54. The summed E-state index contributed by atoms with van der Waals surface area (Å²) in [5.41, 5.74) is 3.49. The highest BCUT2D eigenvalue weighted by Crippen LogP contribution is 2.24. The van der Waals surface area contributed by atoms with Crippen molar-refractivity contribution in [1.29, 1.82) is 5.26 Å². The standard InChI is InChI=1S/C27H21NO2/c1-29-25-14-12-21(13-15-25)24(18-28)16-20-6-4-10-26(17-20)30-19-23-9-5-8-22-7-2-3-11-27(22)23/h2-17H,19H2,1H3/b24-16+. The quantitative estimate of drug-likeness (QED) is 0.279. The van der Waals surface area contributed by atoms with E-state index in [4.69, 9.17) is 9.47 Å². The fraction of sp³-hybridized carbons (Fsp3) is 0.0741. The first-order valence-corrected chi connectivity index (χ1v) is 9.72. The molecule has 0 fully saturated rings. The monoisotopic (exact) mass is 391 g/mol. The third-order valence-electron chi connectivity index (χ3n) is 4.96. The molecular formula is C27H21NO2. The molecule has 4 rings (SSSR count). The number of methoxy groups -OCH3 is 1. The van der Waals surface area contributed by atoms with Crippen molar-refractivity contribution in [3.8, 4) is 17.6 Å². The summed E-state index contributed by atoms with van der Waals surface area (Å²) in [5, 5.41) is 12.0. The van der Waals surface area contributed by atoms with Gasteiger partial charge in [-0.15, -0.1) is 0 Å². The van der Waals surface area contributed by atoms with Gasteiger partial charge in [-0.25, -0.2) is 0 Å². The van der Waals surface area contributed by atoms with Gasteiger partial charge in [-0.1, -0.05) is 54.6 Å². The Morgan fingerprint density at radius 1 is 0.867 bits per heavy atom. The number of hydrogen-bond acceptors (Lipinski definition) is 3. The number of nitrogens with zero attached hydrogens (tertiary/aromatic N) is 1. The highest BCUT2D eigenvalue weighted by molar-refractivity contribution is 5.90. The Hall–Kier alpha value is -4.03. The molecule has 0 unspecified atom stereocenters. The largest absolute Gasteiger partial charge is 0.497 e. The Bertz CT molecular complexity index is 1230. The molecule has 3 heteroatoms. The zero-order valence-corrected chi connectivity index (χ0v) is 16.7. The van der Waals surface area contributed by atoms with Crippen LogP contribution in [0.25, 0.3) is 22.4 Å². The van der Waals surface area contributed by atoms with Gasteiger partial charge in [-0.3, -0.25) is 0 Å². The van der Waals surface area contributed by atoms with Crippen LogP contribution < -0.4 is 9.47 Å². The van der Waals surface area contributed by atoms with E-state index in [1.54, 1.807) is 7.11 Å². The lowest BCUT2D eigenvalue weighted by Gasteiger charge is -2.10. The Morgan fingerprint density at radius 2 is 1.63 bits per heavy atom. The van der Waals surface area contributed by atoms with E-state index in [2.05, 4.69) is 30.3 Å². The van der Waals surface area contributed by atoms with Crippen molar-refractivity contribution in [3.63, 3.8) is 0 Å². The van der Waals surface area contributed by atoms with Crippen LogP contribution in [0.3, 0.4) is 0 Å². The number of nitriles is 1. The van der Waals surface area contributed by atoms with Crippen molar-refractivity contribution >= 4 is 22.4 Å². The molecular weight excluding hydrogens is 370 g/mol. The van der Waals surface area contributed by atoms with Crippen LogP contribution in [-0.2, 0) is 6.61 Å². The zero-order valence-electron chi connectivity index (χ0n) is 16.7. The molecule has 146 valence electrons. The van der Waals surface area contributed by atoms with Crippen LogP contribution in [0.4, 0.5) is 0 Å². The molecule has 0 heterocycles. The second-order valence-electron chi connectivity index (χ2n) is 6.90. The number of hydrogen-bond donors (Lipinski definition) is 0.